The molecule has 0 radical (unpaired) electrons. The molecule has 0 bridgehead atoms. The first-order valence-corrected chi connectivity index (χ1v) is 6.60. The highest BCUT2D eigenvalue weighted by Gasteiger charge is 2.15. The number of aryl methyl sites for hydroxylation is 2. The van der Waals surface area contributed by atoms with Crippen LogP contribution in [-0.2, 0) is 0 Å². The number of aromatic nitrogens is 1. The van der Waals surface area contributed by atoms with Crippen LogP contribution in [0.1, 0.15) is 34.6 Å². The standard InChI is InChI=1S/C14H21N3O.2ClH/c1-10-3-4-13(11(2)17-10)14(18)16-8-6-12-5-7-15-9-12;;/h3-4,12,15H,5-9H2,1-2H3,(H,16,18);2*1H. The van der Waals surface area contributed by atoms with E-state index in [9.17, 15) is 4.79 Å². The van der Waals surface area contributed by atoms with Gasteiger partial charge < -0.3 is 10.6 Å². The van der Waals surface area contributed by atoms with E-state index >= 15 is 0 Å². The summed E-state index contributed by atoms with van der Waals surface area (Å²) in [5.74, 6) is 0.702. The fourth-order valence-electron chi connectivity index (χ4n) is 2.37. The zero-order chi connectivity index (χ0) is 13.0. The van der Waals surface area contributed by atoms with Crippen molar-refractivity contribution in [3.05, 3.63) is 29.1 Å². The van der Waals surface area contributed by atoms with Gasteiger partial charge in [-0.3, -0.25) is 9.78 Å². The van der Waals surface area contributed by atoms with E-state index in [1.165, 1.54) is 6.42 Å². The van der Waals surface area contributed by atoms with Gasteiger partial charge in [0.2, 0.25) is 0 Å². The minimum Gasteiger partial charge on any atom is -0.352 e. The molecule has 1 amide bonds. The highest BCUT2D eigenvalue weighted by molar-refractivity contribution is 5.95. The summed E-state index contributed by atoms with van der Waals surface area (Å²) in [6.07, 6.45) is 2.28. The average molecular weight is 320 g/mol. The molecule has 114 valence electrons. The molecule has 1 unspecified atom stereocenters. The van der Waals surface area contributed by atoms with Crippen molar-refractivity contribution < 1.29 is 4.79 Å². The van der Waals surface area contributed by atoms with E-state index in [0.29, 0.717) is 11.5 Å². The third-order valence-corrected chi connectivity index (χ3v) is 3.47. The van der Waals surface area contributed by atoms with Gasteiger partial charge in [0.25, 0.3) is 5.91 Å². The number of hydrogen-bond donors (Lipinski definition) is 2. The Balaban J connectivity index is 0.00000180. The molecule has 2 rings (SSSR count). The van der Waals surface area contributed by atoms with E-state index in [4.69, 9.17) is 0 Å². The van der Waals surface area contributed by atoms with Gasteiger partial charge in [-0.15, -0.1) is 24.8 Å². The molecule has 0 aromatic carbocycles. The lowest BCUT2D eigenvalue weighted by Gasteiger charge is -2.10. The normalized spacial score (nSPS) is 17.0. The van der Waals surface area contributed by atoms with Crippen molar-refractivity contribution in [2.75, 3.05) is 19.6 Å². The van der Waals surface area contributed by atoms with E-state index in [0.717, 1.165) is 37.4 Å². The number of pyridine rings is 1. The summed E-state index contributed by atoms with van der Waals surface area (Å²) in [6, 6.07) is 3.73. The van der Waals surface area contributed by atoms with Crippen LogP contribution in [-0.4, -0.2) is 30.5 Å². The first kappa shape index (κ1) is 19.2. The Labute approximate surface area is 132 Å². The van der Waals surface area contributed by atoms with E-state index in [1.54, 1.807) is 0 Å². The summed E-state index contributed by atoms with van der Waals surface area (Å²) in [5.41, 5.74) is 2.43. The maximum Gasteiger partial charge on any atom is 0.253 e. The third kappa shape index (κ3) is 5.27. The number of carbonyl (C=O) groups excluding carboxylic acids is 1. The van der Waals surface area contributed by atoms with Crippen molar-refractivity contribution in [3.8, 4) is 0 Å². The van der Waals surface area contributed by atoms with Gasteiger partial charge in [-0.25, -0.2) is 0 Å². The Morgan fingerprint density at radius 1 is 1.40 bits per heavy atom. The number of rotatable bonds is 4. The Kier molecular flexibility index (Phi) is 8.78. The van der Waals surface area contributed by atoms with Gasteiger partial charge in [0.05, 0.1) is 11.3 Å². The maximum atomic E-state index is 12.0. The van der Waals surface area contributed by atoms with Crippen LogP contribution in [0.2, 0.25) is 0 Å². The Morgan fingerprint density at radius 3 is 2.75 bits per heavy atom. The van der Waals surface area contributed by atoms with Gasteiger partial charge in [0.1, 0.15) is 0 Å². The summed E-state index contributed by atoms with van der Waals surface area (Å²) in [7, 11) is 0. The van der Waals surface area contributed by atoms with Gasteiger partial charge >= 0.3 is 0 Å². The third-order valence-electron chi connectivity index (χ3n) is 3.47. The highest BCUT2D eigenvalue weighted by atomic mass is 35.5. The van der Waals surface area contributed by atoms with E-state index in [2.05, 4.69) is 15.6 Å². The molecular weight excluding hydrogens is 297 g/mol. The lowest BCUT2D eigenvalue weighted by atomic mass is 10.1. The molecule has 1 aromatic heterocycles. The van der Waals surface area contributed by atoms with Crippen molar-refractivity contribution in [1.82, 2.24) is 15.6 Å². The van der Waals surface area contributed by atoms with Crippen molar-refractivity contribution in [3.63, 3.8) is 0 Å². The molecule has 0 spiro atoms. The monoisotopic (exact) mass is 319 g/mol. The molecule has 20 heavy (non-hydrogen) atoms. The van der Waals surface area contributed by atoms with Gasteiger partial charge in [0, 0.05) is 12.2 Å². The zero-order valence-electron chi connectivity index (χ0n) is 11.9. The smallest absolute Gasteiger partial charge is 0.253 e. The quantitative estimate of drug-likeness (QED) is 0.895. The summed E-state index contributed by atoms with van der Waals surface area (Å²) in [5, 5.41) is 6.31. The van der Waals surface area contributed by atoms with Crippen LogP contribution in [0.25, 0.3) is 0 Å². The molecule has 2 heterocycles. The van der Waals surface area contributed by atoms with Gasteiger partial charge in [-0.05, 0) is 57.8 Å². The minimum atomic E-state index is -0.00837. The first-order valence-electron chi connectivity index (χ1n) is 6.60. The summed E-state index contributed by atoms with van der Waals surface area (Å²) in [4.78, 5) is 16.3. The molecule has 1 aliphatic rings. The SMILES string of the molecule is Cc1ccc(C(=O)NCCC2CCNC2)c(C)n1.Cl.Cl. The van der Waals surface area contributed by atoms with Crippen molar-refractivity contribution in [2.24, 2.45) is 5.92 Å². The van der Waals surface area contributed by atoms with Crippen LogP contribution >= 0.6 is 24.8 Å². The van der Waals surface area contributed by atoms with Crippen molar-refractivity contribution in [1.29, 1.82) is 0 Å². The van der Waals surface area contributed by atoms with Gasteiger partial charge in [-0.2, -0.15) is 0 Å². The van der Waals surface area contributed by atoms with Crippen LogP contribution in [0.3, 0.4) is 0 Å². The number of carbonyl (C=O) groups is 1. The summed E-state index contributed by atoms with van der Waals surface area (Å²) in [6.45, 7) is 6.75. The predicted molar refractivity (Wildman–Crippen MR) is 86.1 cm³/mol. The molecule has 6 heteroatoms. The van der Waals surface area contributed by atoms with Crippen molar-refractivity contribution >= 4 is 30.7 Å². The maximum absolute atomic E-state index is 12.0. The Morgan fingerprint density at radius 2 is 2.15 bits per heavy atom. The molecule has 1 fully saturated rings. The fraction of sp³-hybridized carbons (Fsp3) is 0.571. The number of hydrogen-bond acceptors (Lipinski definition) is 3. The average Bonchev–Trinajstić information content (AvgIpc) is 2.81. The first-order chi connectivity index (χ1) is 8.66. The predicted octanol–water partition coefficient (Wildman–Crippen LogP) is 2.27. The second kappa shape index (κ2) is 9.16. The molecule has 0 saturated carbocycles. The van der Waals surface area contributed by atoms with E-state index < -0.39 is 0 Å². The lowest BCUT2D eigenvalue weighted by Crippen LogP contribution is -2.27. The molecule has 1 saturated heterocycles. The van der Waals surface area contributed by atoms with E-state index in [1.807, 2.05) is 26.0 Å². The second-order valence-corrected chi connectivity index (χ2v) is 4.99. The summed E-state index contributed by atoms with van der Waals surface area (Å²) >= 11 is 0. The number of amides is 1. The molecule has 1 aliphatic heterocycles. The van der Waals surface area contributed by atoms with Crippen LogP contribution in [0.4, 0.5) is 0 Å². The molecular formula is C14H23Cl2N3O. The summed E-state index contributed by atoms with van der Waals surface area (Å²) < 4.78 is 0. The van der Waals surface area contributed by atoms with Crippen LogP contribution in [0.15, 0.2) is 12.1 Å². The topological polar surface area (TPSA) is 54.0 Å². The van der Waals surface area contributed by atoms with Crippen LogP contribution in [0, 0.1) is 19.8 Å². The van der Waals surface area contributed by atoms with Gasteiger partial charge in [-0.1, -0.05) is 0 Å². The Hall–Kier alpha value is -0.840. The van der Waals surface area contributed by atoms with Crippen LogP contribution in [0.5, 0.6) is 0 Å². The van der Waals surface area contributed by atoms with Crippen molar-refractivity contribution in [2.45, 2.75) is 26.7 Å². The highest BCUT2D eigenvalue weighted by Crippen LogP contribution is 2.11. The lowest BCUT2D eigenvalue weighted by molar-refractivity contribution is 0.0950. The molecule has 4 nitrogen and oxygen atoms in total. The largest absolute Gasteiger partial charge is 0.352 e. The Bertz CT molecular complexity index is 434. The van der Waals surface area contributed by atoms with Crippen LogP contribution < -0.4 is 10.6 Å². The van der Waals surface area contributed by atoms with Gasteiger partial charge in [0.15, 0.2) is 0 Å². The zero-order valence-corrected chi connectivity index (χ0v) is 13.6. The molecule has 0 aliphatic carbocycles. The number of nitrogens with zero attached hydrogens (tertiary/aromatic N) is 1. The second-order valence-electron chi connectivity index (χ2n) is 4.99. The minimum absolute atomic E-state index is 0. The molecule has 1 atom stereocenters. The number of nitrogens with one attached hydrogen (secondary N) is 2. The number of halogens is 2. The fourth-order valence-corrected chi connectivity index (χ4v) is 2.37. The molecule has 1 aromatic rings. The molecule has 2 N–H and O–H groups in total. The van der Waals surface area contributed by atoms with E-state index in [-0.39, 0.29) is 30.7 Å².